The summed E-state index contributed by atoms with van der Waals surface area (Å²) in [6.45, 7) is 0.566. The minimum atomic E-state index is -0.978. The van der Waals surface area contributed by atoms with Crippen LogP contribution in [0.5, 0.6) is 0 Å². The highest BCUT2D eigenvalue weighted by Crippen LogP contribution is 2.18. The second-order valence-electron chi connectivity index (χ2n) is 4.10. The highest BCUT2D eigenvalue weighted by molar-refractivity contribution is 5.80. The quantitative estimate of drug-likeness (QED) is 0.873. The smallest absolute Gasteiger partial charge is 0.410 e. The molecule has 0 spiro atoms. The van der Waals surface area contributed by atoms with Crippen molar-refractivity contribution >= 4 is 12.1 Å². The fourth-order valence-electron chi connectivity index (χ4n) is 1.95. The molecule has 1 amide bonds. The molecule has 0 saturated carbocycles. The number of ether oxygens (including phenoxy) is 1. The second kappa shape index (κ2) is 5.48. The van der Waals surface area contributed by atoms with Gasteiger partial charge in [0.15, 0.2) is 0 Å². The Labute approximate surface area is 104 Å². The molecule has 1 saturated heterocycles. The number of nitrogens with zero attached hydrogens (tertiary/aromatic N) is 2. The summed E-state index contributed by atoms with van der Waals surface area (Å²) >= 11 is 0. The third-order valence-corrected chi connectivity index (χ3v) is 2.88. The third kappa shape index (κ3) is 2.77. The van der Waals surface area contributed by atoms with Crippen molar-refractivity contribution in [1.82, 2.24) is 9.88 Å². The van der Waals surface area contributed by atoms with Gasteiger partial charge < -0.3 is 9.84 Å². The molecule has 1 N–H and O–H groups in total. The number of carbonyl (C=O) groups is 2. The molecule has 1 aromatic heterocycles. The summed E-state index contributed by atoms with van der Waals surface area (Å²) in [7, 11) is 0. The number of rotatable bonds is 3. The topological polar surface area (TPSA) is 79.7 Å². The van der Waals surface area contributed by atoms with Gasteiger partial charge >= 0.3 is 12.1 Å². The zero-order chi connectivity index (χ0) is 13.0. The van der Waals surface area contributed by atoms with Crippen molar-refractivity contribution in [3.8, 4) is 0 Å². The van der Waals surface area contributed by atoms with Crippen LogP contribution in [0.15, 0.2) is 24.5 Å². The SMILES string of the molecule is O=C(O)C1CCCN1C(=O)OCc1ccncc1. The first-order chi connectivity index (χ1) is 8.68. The molecule has 1 aliphatic rings. The number of aromatic nitrogens is 1. The van der Waals surface area contributed by atoms with E-state index in [2.05, 4.69) is 4.98 Å². The van der Waals surface area contributed by atoms with Crippen LogP contribution in [-0.4, -0.2) is 39.6 Å². The van der Waals surface area contributed by atoms with Gasteiger partial charge in [-0.05, 0) is 30.5 Å². The lowest BCUT2D eigenvalue weighted by Crippen LogP contribution is -2.40. The first-order valence-corrected chi connectivity index (χ1v) is 5.73. The first-order valence-electron chi connectivity index (χ1n) is 5.73. The van der Waals surface area contributed by atoms with Gasteiger partial charge in [0.2, 0.25) is 0 Å². The molecule has 18 heavy (non-hydrogen) atoms. The molecule has 0 radical (unpaired) electrons. The standard InChI is InChI=1S/C12H14N2O4/c15-11(16)10-2-1-7-14(10)12(17)18-8-9-3-5-13-6-4-9/h3-6,10H,1-2,7-8H2,(H,15,16). The summed E-state index contributed by atoms with van der Waals surface area (Å²) in [6.07, 6.45) is 3.83. The van der Waals surface area contributed by atoms with Gasteiger partial charge in [-0.1, -0.05) is 0 Å². The maximum atomic E-state index is 11.8. The predicted octanol–water partition coefficient (Wildman–Crippen LogP) is 1.27. The number of carboxylic acids is 1. The Bertz CT molecular complexity index is 435. The van der Waals surface area contributed by atoms with E-state index >= 15 is 0 Å². The maximum absolute atomic E-state index is 11.8. The molecule has 1 atom stereocenters. The molecular formula is C12H14N2O4. The summed E-state index contributed by atoms with van der Waals surface area (Å²) in [6, 6.07) is 2.73. The van der Waals surface area contributed by atoms with Gasteiger partial charge in [0.1, 0.15) is 12.6 Å². The van der Waals surface area contributed by atoms with Crippen LogP contribution < -0.4 is 0 Å². The molecule has 0 bridgehead atoms. The van der Waals surface area contributed by atoms with Crippen LogP contribution >= 0.6 is 0 Å². The van der Waals surface area contributed by atoms with Crippen LogP contribution in [0.3, 0.4) is 0 Å². The molecule has 2 heterocycles. The van der Waals surface area contributed by atoms with Gasteiger partial charge in [0.05, 0.1) is 0 Å². The van der Waals surface area contributed by atoms with Crippen LogP contribution in [0.2, 0.25) is 0 Å². The number of carbonyl (C=O) groups excluding carboxylic acids is 1. The molecule has 1 fully saturated rings. The van der Waals surface area contributed by atoms with Gasteiger partial charge in [0, 0.05) is 18.9 Å². The van der Waals surface area contributed by atoms with Crippen molar-refractivity contribution < 1.29 is 19.4 Å². The van der Waals surface area contributed by atoms with Crippen LogP contribution in [0.4, 0.5) is 4.79 Å². The second-order valence-corrected chi connectivity index (χ2v) is 4.10. The normalized spacial score (nSPS) is 18.7. The molecule has 0 aromatic carbocycles. The largest absolute Gasteiger partial charge is 0.480 e. The Morgan fingerprint density at radius 2 is 2.17 bits per heavy atom. The molecular weight excluding hydrogens is 236 g/mol. The Morgan fingerprint density at radius 1 is 1.44 bits per heavy atom. The Hall–Kier alpha value is -2.11. The summed E-state index contributed by atoms with van der Waals surface area (Å²) in [5, 5.41) is 8.96. The highest BCUT2D eigenvalue weighted by Gasteiger charge is 2.34. The van der Waals surface area contributed by atoms with Crippen molar-refractivity contribution in [3.05, 3.63) is 30.1 Å². The average molecular weight is 250 g/mol. The molecule has 1 aromatic rings. The molecule has 1 unspecified atom stereocenters. The van der Waals surface area contributed by atoms with E-state index < -0.39 is 18.1 Å². The number of aliphatic carboxylic acids is 1. The molecule has 1 aliphatic heterocycles. The monoisotopic (exact) mass is 250 g/mol. The van der Waals surface area contributed by atoms with E-state index in [0.717, 1.165) is 5.56 Å². The first kappa shape index (κ1) is 12.3. The van der Waals surface area contributed by atoms with Gasteiger partial charge in [-0.15, -0.1) is 0 Å². The maximum Gasteiger partial charge on any atom is 0.410 e. The number of pyridine rings is 1. The van der Waals surface area contributed by atoms with Crippen LogP contribution in [0.1, 0.15) is 18.4 Å². The zero-order valence-corrected chi connectivity index (χ0v) is 9.78. The van der Waals surface area contributed by atoms with E-state index in [0.29, 0.717) is 19.4 Å². The lowest BCUT2D eigenvalue weighted by atomic mass is 10.2. The summed E-state index contributed by atoms with van der Waals surface area (Å²) in [5.74, 6) is -0.978. The average Bonchev–Trinajstić information content (AvgIpc) is 2.86. The van der Waals surface area contributed by atoms with Gasteiger partial charge in [-0.3, -0.25) is 9.88 Å². The minimum absolute atomic E-state index is 0.129. The predicted molar refractivity (Wildman–Crippen MR) is 61.8 cm³/mol. The molecule has 6 nitrogen and oxygen atoms in total. The Kier molecular flexibility index (Phi) is 3.76. The van der Waals surface area contributed by atoms with Crippen molar-refractivity contribution in [2.75, 3.05) is 6.54 Å². The number of hydrogen-bond acceptors (Lipinski definition) is 4. The third-order valence-electron chi connectivity index (χ3n) is 2.88. The van der Waals surface area contributed by atoms with E-state index in [1.54, 1.807) is 24.5 Å². The van der Waals surface area contributed by atoms with Crippen molar-refractivity contribution in [2.24, 2.45) is 0 Å². The lowest BCUT2D eigenvalue weighted by Gasteiger charge is -2.20. The molecule has 0 aliphatic carbocycles. The summed E-state index contributed by atoms with van der Waals surface area (Å²) < 4.78 is 5.09. The van der Waals surface area contributed by atoms with E-state index in [1.165, 1.54) is 4.90 Å². The van der Waals surface area contributed by atoms with E-state index in [9.17, 15) is 9.59 Å². The van der Waals surface area contributed by atoms with E-state index in [-0.39, 0.29) is 6.61 Å². The fraction of sp³-hybridized carbons (Fsp3) is 0.417. The van der Waals surface area contributed by atoms with Crippen molar-refractivity contribution in [3.63, 3.8) is 0 Å². The van der Waals surface area contributed by atoms with Crippen LogP contribution in [-0.2, 0) is 16.1 Å². The van der Waals surface area contributed by atoms with Gasteiger partial charge in [-0.25, -0.2) is 9.59 Å². The zero-order valence-electron chi connectivity index (χ0n) is 9.78. The fourth-order valence-corrected chi connectivity index (χ4v) is 1.95. The molecule has 2 rings (SSSR count). The summed E-state index contributed by atoms with van der Waals surface area (Å²) in [5.41, 5.74) is 0.824. The number of likely N-dealkylation sites (tertiary alicyclic amines) is 1. The number of hydrogen-bond donors (Lipinski definition) is 1. The van der Waals surface area contributed by atoms with Crippen molar-refractivity contribution in [2.45, 2.75) is 25.5 Å². The Morgan fingerprint density at radius 3 is 2.83 bits per heavy atom. The van der Waals surface area contributed by atoms with E-state index in [4.69, 9.17) is 9.84 Å². The lowest BCUT2D eigenvalue weighted by molar-refractivity contribution is -0.141. The van der Waals surface area contributed by atoms with Gasteiger partial charge in [-0.2, -0.15) is 0 Å². The molecule has 6 heteroatoms. The van der Waals surface area contributed by atoms with E-state index in [1.807, 2.05) is 0 Å². The number of amides is 1. The summed E-state index contributed by atoms with van der Waals surface area (Å²) in [4.78, 5) is 27.8. The van der Waals surface area contributed by atoms with Crippen LogP contribution in [0, 0.1) is 0 Å². The van der Waals surface area contributed by atoms with Crippen molar-refractivity contribution in [1.29, 1.82) is 0 Å². The highest BCUT2D eigenvalue weighted by atomic mass is 16.6. The van der Waals surface area contributed by atoms with Crippen LogP contribution in [0.25, 0.3) is 0 Å². The molecule has 96 valence electrons. The minimum Gasteiger partial charge on any atom is -0.480 e. The Balaban J connectivity index is 1.90. The van der Waals surface area contributed by atoms with Gasteiger partial charge in [0.25, 0.3) is 0 Å². The number of carboxylic acid groups (broad SMARTS) is 1.